The van der Waals surface area contributed by atoms with Crippen LogP contribution in [0.25, 0.3) is 0 Å². The van der Waals surface area contributed by atoms with Gasteiger partial charge in [-0.1, -0.05) is 34.1 Å². The SMILES string of the molecule is Cc1ccccc1NC(=O)CCCOc1ccc(Br)cc1. The van der Waals surface area contributed by atoms with Crippen molar-refractivity contribution in [2.45, 2.75) is 19.8 Å². The molecule has 2 rings (SSSR count). The van der Waals surface area contributed by atoms with Crippen LogP contribution in [-0.2, 0) is 4.79 Å². The number of rotatable bonds is 6. The van der Waals surface area contributed by atoms with Gasteiger partial charge in [-0.05, 0) is 49.2 Å². The third kappa shape index (κ3) is 5.23. The van der Waals surface area contributed by atoms with Crippen molar-refractivity contribution in [3.05, 3.63) is 58.6 Å². The van der Waals surface area contributed by atoms with Gasteiger partial charge in [0.2, 0.25) is 5.91 Å². The molecule has 0 unspecified atom stereocenters. The van der Waals surface area contributed by atoms with Gasteiger partial charge < -0.3 is 10.1 Å². The number of ether oxygens (including phenoxy) is 1. The standard InChI is InChI=1S/C17H18BrNO2/c1-13-5-2-3-6-16(13)19-17(20)7-4-12-21-15-10-8-14(18)9-11-15/h2-3,5-6,8-11H,4,7,12H2,1H3,(H,19,20). The van der Waals surface area contributed by atoms with Gasteiger partial charge in [0.1, 0.15) is 5.75 Å². The summed E-state index contributed by atoms with van der Waals surface area (Å²) in [7, 11) is 0. The smallest absolute Gasteiger partial charge is 0.224 e. The Balaban J connectivity index is 1.70. The van der Waals surface area contributed by atoms with Crippen LogP contribution in [-0.4, -0.2) is 12.5 Å². The molecule has 3 nitrogen and oxygen atoms in total. The summed E-state index contributed by atoms with van der Waals surface area (Å²) in [5.41, 5.74) is 1.94. The van der Waals surface area contributed by atoms with Crippen molar-refractivity contribution in [1.29, 1.82) is 0 Å². The highest BCUT2D eigenvalue weighted by Crippen LogP contribution is 2.17. The maximum absolute atomic E-state index is 11.8. The van der Waals surface area contributed by atoms with Gasteiger partial charge >= 0.3 is 0 Å². The van der Waals surface area contributed by atoms with Gasteiger partial charge in [0.15, 0.2) is 0 Å². The Bertz CT molecular complexity index is 596. The van der Waals surface area contributed by atoms with Gasteiger partial charge in [-0.2, -0.15) is 0 Å². The van der Waals surface area contributed by atoms with Crippen LogP contribution in [0.1, 0.15) is 18.4 Å². The molecule has 0 aliphatic rings. The molecule has 2 aromatic rings. The molecule has 0 spiro atoms. The molecule has 1 amide bonds. The lowest BCUT2D eigenvalue weighted by Gasteiger charge is -2.09. The lowest BCUT2D eigenvalue weighted by atomic mass is 10.2. The minimum atomic E-state index is 0.0173. The predicted molar refractivity (Wildman–Crippen MR) is 88.7 cm³/mol. The largest absolute Gasteiger partial charge is 0.494 e. The number of para-hydroxylation sites is 1. The van der Waals surface area contributed by atoms with E-state index in [1.807, 2.05) is 55.5 Å². The van der Waals surface area contributed by atoms with E-state index >= 15 is 0 Å². The molecule has 0 heterocycles. The van der Waals surface area contributed by atoms with Crippen molar-refractivity contribution in [3.63, 3.8) is 0 Å². The molecule has 0 aliphatic carbocycles. The summed E-state index contributed by atoms with van der Waals surface area (Å²) in [6, 6.07) is 15.4. The van der Waals surface area contributed by atoms with Crippen LogP contribution in [0, 0.1) is 6.92 Å². The van der Waals surface area contributed by atoms with Crippen molar-refractivity contribution < 1.29 is 9.53 Å². The molecular weight excluding hydrogens is 330 g/mol. The first-order chi connectivity index (χ1) is 10.1. The first-order valence-corrected chi connectivity index (χ1v) is 7.68. The Morgan fingerprint density at radius 2 is 1.86 bits per heavy atom. The maximum atomic E-state index is 11.8. The van der Waals surface area contributed by atoms with E-state index in [1.54, 1.807) is 0 Å². The lowest BCUT2D eigenvalue weighted by molar-refractivity contribution is -0.116. The van der Waals surface area contributed by atoms with Crippen molar-refractivity contribution in [2.75, 3.05) is 11.9 Å². The van der Waals surface area contributed by atoms with Crippen LogP contribution < -0.4 is 10.1 Å². The Morgan fingerprint density at radius 3 is 2.57 bits per heavy atom. The molecule has 1 N–H and O–H groups in total. The fourth-order valence-corrected chi connectivity index (χ4v) is 2.14. The quantitative estimate of drug-likeness (QED) is 0.778. The molecule has 0 aromatic heterocycles. The van der Waals surface area contributed by atoms with Crippen molar-refractivity contribution in [3.8, 4) is 5.75 Å². The third-order valence-electron chi connectivity index (χ3n) is 3.05. The minimum absolute atomic E-state index is 0.0173. The number of halogens is 1. The van der Waals surface area contributed by atoms with Crippen LogP contribution in [0.5, 0.6) is 5.75 Å². The summed E-state index contributed by atoms with van der Waals surface area (Å²) in [5, 5.41) is 2.92. The Labute approximate surface area is 133 Å². The van der Waals surface area contributed by atoms with Gasteiger partial charge in [-0.3, -0.25) is 4.79 Å². The lowest BCUT2D eigenvalue weighted by Crippen LogP contribution is -2.13. The second kappa shape index (κ2) is 7.84. The number of benzene rings is 2. The summed E-state index contributed by atoms with van der Waals surface area (Å²) in [6.45, 7) is 2.51. The molecule has 4 heteroatoms. The molecule has 0 saturated heterocycles. The van der Waals surface area contributed by atoms with Crippen LogP contribution >= 0.6 is 15.9 Å². The van der Waals surface area contributed by atoms with E-state index in [-0.39, 0.29) is 5.91 Å². The average molecular weight is 348 g/mol. The number of carbonyl (C=O) groups excluding carboxylic acids is 1. The number of anilines is 1. The number of hydrogen-bond donors (Lipinski definition) is 1. The van der Waals surface area contributed by atoms with Crippen molar-refractivity contribution in [1.82, 2.24) is 0 Å². The molecule has 0 saturated carbocycles. The van der Waals surface area contributed by atoms with E-state index in [2.05, 4.69) is 21.2 Å². The van der Waals surface area contributed by atoms with E-state index in [4.69, 9.17) is 4.74 Å². The van der Waals surface area contributed by atoms with E-state index < -0.39 is 0 Å². The highest BCUT2D eigenvalue weighted by molar-refractivity contribution is 9.10. The van der Waals surface area contributed by atoms with Crippen LogP contribution in [0.4, 0.5) is 5.69 Å². The Morgan fingerprint density at radius 1 is 1.14 bits per heavy atom. The number of carbonyl (C=O) groups is 1. The molecule has 21 heavy (non-hydrogen) atoms. The maximum Gasteiger partial charge on any atom is 0.224 e. The van der Waals surface area contributed by atoms with E-state index in [1.165, 1.54) is 0 Å². The van der Waals surface area contributed by atoms with E-state index in [0.717, 1.165) is 21.5 Å². The van der Waals surface area contributed by atoms with E-state index in [9.17, 15) is 4.79 Å². The number of aryl methyl sites for hydroxylation is 1. The molecule has 0 aliphatic heterocycles. The summed E-state index contributed by atoms with van der Waals surface area (Å²) in [5.74, 6) is 0.834. The molecule has 2 aromatic carbocycles. The highest BCUT2D eigenvalue weighted by Gasteiger charge is 2.04. The van der Waals surface area contributed by atoms with Crippen LogP contribution in [0.2, 0.25) is 0 Å². The van der Waals surface area contributed by atoms with Crippen molar-refractivity contribution in [2.24, 2.45) is 0 Å². The zero-order valence-electron chi connectivity index (χ0n) is 11.9. The van der Waals surface area contributed by atoms with Gasteiger partial charge in [0.25, 0.3) is 0 Å². The first-order valence-electron chi connectivity index (χ1n) is 6.89. The Kier molecular flexibility index (Phi) is 5.81. The Hall–Kier alpha value is -1.81. The zero-order chi connectivity index (χ0) is 15.1. The number of nitrogens with one attached hydrogen (secondary N) is 1. The number of hydrogen-bond acceptors (Lipinski definition) is 2. The van der Waals surface area contributed by atoms with Gasteiger partial charge in [0, 0.05) is 16.6 Å². The fourth-order valence-electron chi connectivity index (χ4n) is 1.88. The topological polar surface area (TPSA) is 38.3 Å². The second-order valence-corrected chi connectivity index (χ2v) is 5.68. The minimum Gasteiger partial charge on any atom is -0.494 e. The molecule has 0 bridgehead atoms. The first kappa shape index (κ1) is 15.6. The second-order valence-electron chi connectivity index (χ2n) is 4.77. The monoisotopic (exact) mass is 347 g/mol. The molecule has 110 valence electrons. The van der Waals surface area contributed by atoms with Crippen LogP contribution in [0.3, 0.4) is 0 Å². The normalized spacial score (nSPS) is 10.2. The number of amides is 1. The van der Waals surface area contributed by atoms with Gasteiger partial charge in [0.05, 0.1) is 6.61 Å². The predicted octanol–water partition coefficient (Wildman–Crippen LogP) is 4.56. The molecule has 0 fully saturated rings. The molecular formula is C17H18BrNO2. The summed E-state index contributed by atoms with van der Waals surface area (Å²) < 4.78 is 6.61. The van der Waals surface area contributed by atoms with Crippen molar-refractivity contribution >= 4 is 27.5 Å². The van der Waals surface area contributed by atoms with Gasteiger partial charge in [-0.15, -0.1) is 0 Å². The summed E-state index contributed by atoms with van der Waals surface area (Å²) in [6.07, 6.45) is 1.14. The van der Waals surface area contributed by atoms with Crippen LogP contribution in [0.15, 0.2) is 53.0 Å². The fraction of sp³-hybridized carbons (Fsp3) is 0.235. The van der Waals surface area contributed by atoms with Gasteiger partial charge in [-0.25, -0.2) is 0 Å². The third-order valence-corrected chi connectivity index (χ3v) is 3.58. The zero-order valence-corrected chi connectivity index (χ0v) is 13.5. The molecule has 0 radical (unpaired) electrons. The summed E-state index contributed by atoms with van der Waals surface area (Å²) in [4.78, 5) is 11.8. The highest BCUT2D eigenvalue weighted by atomic mass is 79.9. The molecule has 0 atom stereocenters. The summed E-state index contributed by atoms with van der Waals surface area (Å²) >= 11 is 3.38. The average Bonchev–Trinajstić information content (AvgIpc) is 2.48. The van der Waals surface area contributed by atoms with E-state index in [0.29, 0.717) is 19.4 Å².